The average molecular weight is 404 g/mol. The molecule has 1 saturated heterocycles. The Bertz CT molecular complexity index is 1160. The summed E-state index contributed by atoms with van der Waals surface area (Å²) in [5.41, 5.74) is 2.05. The zero-order valence-electron chi connectivity index (χ0n) is 16.0. The Morgan fingerprint density at radius 3 is 2.48 bits per heavy atom. The molecule has 1 aliphatic heterocycles. The molecule has 0 atom stereocenters. The molecule has 5 rings (SSSR count). The normalized spacial score (nSPS) is 14.5. The van der Waals surface area contributed by atoms with E-state index >= 15 is 0 Å². The van der Waals surface area contributed by atoms with Crippen molar-refractivity contribution in [2.75, 3.05) is 31.1 Å². The number of carbonyl (C=O) groups is 1. The van der Waals surface area contributed by atoms with Gasteiger partial charge in [0.2, 0.25) is 5.95 Å². The van der Waals surface area contributed by atoms with Crippen LogP contribution in [0.3, 0.4) is 0 Å². The molecular weight excluding hydrogens is 384 g/mol. The second-order valence-electron chi connectivity index (χ2n) is 6.98. The van der Waals surface area contributed by atoms with Crippen LogP contribution in [0.15, 0.2) is 54.9 Å². The number of carbonyl (C=O) groups excluding carboxylic acids is 1. The second kappa shape index (κ2) is 7.29. The van der Waals surface area contributed by atoms with Gasteiger partial charge < -0.3 is 14.4 Å². The van der Waals surface area contributed by atoms with Crippen molar-refractivity contribution in [3.05, 3.63) is 59.7 Å². The summed E-state index contributed by atoms with van der Waals surface area (Å²) >= 11 is 1.50. The van der Waals surface area contributed by atoms with E-state index in [4.69, 9.17) is 4.98 Å². The fourth-order valence-corrected chi connectivity index (χ4v) is 4.66. The van der Waals surface area contributed by atoms with Gasteiger partial charge in [0.25, 0.3) is 5.91 Å². The lowest BCUT2D eigenvalue weighted by atomic mass is 10.3. The van der Waals surface area contributed by atoms with Crippen LogP contribution in [0.4, 0.5) is 5.95 Å². The first kappa shape index (κ1) is 17.8. The Labute approximate surface area is 172 Å². The maximum atomic E-state index is 13.0. The lowest BCUT2D eigenvalue weighted by Gasteiger charge is -2.34. The van der Waals surface area contributed by atoms with Crippen LogP contribution in [0.2, 0.25) is 0 Å². The quantitative estimate of drug-likeness (QED) is 0.525. The molecular formula is C21H20N6OS. The highest BCUT2D eigenvalue weighted by Crippen LogP contribution is 2.30. The van der Waals surface area contributed by atoms with Gasteiger partial charge in [-0.15, -0.1) is 11.3 Å². The van der Waals surface area contributed by atoms with Crippen molar-refractivity contribution < 1.29 is 4.79 Å². The van der Waals surface area contributed by atoms with Crippen molar-refractivity contribution in [2.45, 2.75) is 0 Å². The Balaban J connectivity index is 1.32. The van der Waals surface area contributed by atoms with Crippen LogP contribution in [-0.2, 0) is 7.05 Å². The number of rotatable bonds is 3. The van der Waals surface area contributed by atoms with Crippen LogP contribution >= 0.6 is 11.3 Å². The van der Waals surface area contributed by atoms with Gasteiger partial charge in [0, 0.05) is 45.6 Å². The third-order valence-corrected chi connectivity index (χ3v) is 6.30. The summed E-state index contributed by atoms with van der Waals surface area (Å²) in [4.78, 5) is 32.1. The first-order valence-electron chi connectivity index (χ1n) is 9.53. The molecule has 1 aliphatic rings. The van der Waals surface area contributed by atoms with E-state index < -0.39 is 0 Å². The largest absolute Gasteiger partial charge is 0.337 e. The molecule has 29 heavy (non-hydrogen) atoms. The molecule has 4 heterocycles. The van der Waals surface area contributed by atoms with Gasteiger partial charge in [-0.1, -0.05) is 12.1 Å². The standard InChI is InChI=1S/C21H20N6OS/c1-25-16-6-3-2-5-15(16)24-19(25)17-7-8-18(29-17)20(28)26-11-13-27(14-12-26)21-22-9-4-10-23-21/h2-10H,11-14H2,1H3. The minimum absolute atomic E-state index is 0.0774. The Hall–Kier alpha value is -3.26. The first-order valence-corrected chi connectivity index (χ1v) is 10.4. The van der Waals surface area contributed by atoms with Crippen LogP contribution in [0, 0.1) is 0 Å². The number of fused-ring (bicyclic) bond motifs is 1. The molecule has 4 aromatic rings. The van der Waals surface area contributed by atoms with Crippen molar-refractivity contribution in [1.29, 1.82) is 0 Å². The molecule has 0 bridgehead atoms. The van der Waals surface area contributed by atoms with E-state index in [1.165, 1.54) is 11.3 Å². The fourth-order valence-electron chi connectivity index (χ4n) is 3.66. The summed E-state index contributed by atoms with van der Waals surface area (Å²) in [5, 5.41) is 0. The van der Waals surface area contributed by atoms with Crippen molar-refractivity contribution in [3.8, 4) is 10.7 Å². The number of hydrogen-bond donors (Lipinski definition) is 0. The van der Waals surface area contributed by atoms with E-state index in [2.05, 4.69) is 25.5 Å². The second-order valence-corrected chi connectivity index (χ2v) is 8.06. The summed E-state index contributed by atoms with van der Waals surface area (Å²) in [6.45, 7) is 2.80. The molecule has 1 amide bonds. The molecule has 8 heteroatoms. The molecule has 146 valence electrons. The molecule has 1 aromatic carbocycles. The molecule has 7 nitrogen and oxygen atoms in total. The van der Waals surface area contributed by atoms with E-state index in [-0.39, 0.29) is 5.91 Å². The summed E-state index contributed by atoms with van der Waals surface area (Å²) in [6, 6.07) is 13.8. The number of thiophene rings is 1. The lowest BCUT2D eigenvalue weighted by molar-refractivity contribution is 0.0751. The number of aromatic nitrogens is 4. The van der Waals surface area contributed by atoms with E-state index in [0.717, 1.165) is 45.6 Å². The topological polar surface area (TPSA) is 67.2 Å². The molecule has 3 aromatic heterocycles. The molecule has 1 fully saturated rings. The van der Waals surface area contributed by atoms with Crippen molar-refractivity contribution in [2.24, 2.45) is 7.05 Å². The first-order chi connectivity index (χ1) is 14.2. The van der Waals surface area contributed by atoms with Gasteiger partial charge >= 0.3 is 0 Å². The van der Waals surface area contributed by atoms with E-state index in [9.17, 15) is 4.79 Å². The van der Waals surface area contributed by atoms with Crippen LogP contribution in [0.25, 0.3) is 21.7 Å². The van der Waals surface area contributed by atoms with Gasteiger partial charge in [-0.2, -0.15) is 0 Å². The highest BCUT2D eigenvalue weighted by atomic mass is 32.1. The number of amides is 1. The van der Waals surface area contributed by atoms with Gasteiger partial charge in [0.1, 0.15) is 0 Å². The average Bonchev–Trinajstić information content (AvgIpc) is 3.39. The van der Waals surface area contributed by atoms with Crippen molar-refractivity contribution in [1.82, 2.24) is 24.4 Å². The predicted molar refractivity (Wildman–Crippen MR) is 114 cm³/mol. The molecule has 0 radical (unpaired) electrons. The third-order valence-electron chi connectivity index (χ3n) is 5.23. The predicted octanol–water partition coefficient (Wildman–Crippen LogP) is 3.05. The third kappa shape index (κ3) is 3.25. The van der Waals surface area contributed by atoms with E-state index in [1.54, 1.807) is 12.4 Å². The molecule has 0 spiro atoms. The maximum Gasteiger partial charge on any atom is 0.264 e. The number of hydrogen-bond acceptors (Lipinski definition) is 6. The van der Waals surface area contributed by atoms with E-state index in [1.807, 2.05) is 48.3 Å². The number of imidazole rings is 1. The molecule has 0 saturated carbocycles. The number of para-hydroxylation sites is 2. The zero-order valence-corrected chi connectivity index (χ0v) is 16.8. The monoisotopic (exact) mass is 404 g/mol. The van der Waals surface area contributed by atoms with Crippen LogP contribution < -0.4 is 4.90 Å². The SMILES string of the molecule is Cn1c(-c2ccc(C(=O)N3CCN(c4ncccn4)CC3)s2)nc2ccccc21. The number of piperazine rings is 1. The highest BCUT2D eigenvalue weighted by molar-refractivity contribution is 7.17. The summed E-state index contributed by atoms with van der Waals surface area (Å²) in [5.74, 6) is 1.69. The van der Waals surface area contributed by atoms with Crippen molar-refractivity contribution >= 4 is 34.2 Å². The Morgan fingerprint density at radius 2 is 1.72 bits per heavy atom. The number of benzene rings is 1. The van der Waals surface area contributed by atoms with Gasteiger partial charge in [0.05, 0.1) is 20.8 Å². The number of anilines is 1. The molecule has 0 N–H and O–H groups in total. The summed E-state index contributed by atoms with van der Waals surface area (Å²) in [6.07, 6.45) is 3.49. The van der Waals surface area contributed by atoms with Gasteiger partial charge in [-0.05, 0) is 30.3 Å². The highest BCUT2D eigenvalue weighted by Gasteiger charge is 2.25. The Kier molecular flexibility index (Phi) is 4.48. The van der Waals surface area contributed by atoms with Gasteiger partial charge in [-0.3, -0.25) is 4.79 Å². The number of aryl methyl sites for hydroxylation is 1. The van der Waals surface area contributed by atoms with Gasteiger partial charge in [0.15, 0.2) is 5.82 Å². The minimum atomic E-state index is 0.0774. The lowest BCUT2D eigenvalue weighted by Crippen LogP contribution is -2.49. The van der Waals surface area contributed by atoms with Crippen molar-refractivity contribution in [3.63, 3.8) is 0 Å². The fraction of sp³-hybridized carbons (Fsp3) is 0.238. The maximum absolute atomic E-state index is 13.0. The van der Waals surface area contributed by atoms with Crippen LogP contribution in [-0.4, -0.2) is 56.5 Å². The summed E-state index contributed by atoms with van der Waals surface area (Å²) in [7, 11) is 2.01. The van der Waals surface area contributed by atoms with E-state index in [0.29, 0.717) is 13.1 Å². The molecule has 0 unspecified atom stereocenters. The van der Waals surface area contributed by atoms with Gasteiger partial charge in [-0.25, -0.2) is 15.0 Å². The minimum Gasteiger partial charge on any atom is -0.337 e. The number of nitrogens with zero attached hydrogens (tertiary/aromatic N) is 6. The zero-order chi connectivity index (χ0) is 19.8. The Morgan fingerprint density at radius 1 is 0.966 bits per heavy atom. The van der Waals surface area contributed by atoms with Crippen LogP contribution in [0.5, 0.6) is 0 Å². The van der Waals surface area contributed by atoms with Crippen LogP contribution in [0.1, 0.15) is 9.67 Å². The summed E-state index contributed by atoms with van der Waals surface area (Å²) < 4.78 is 2.08. The molecule has 0 aliphatic carbocycles. The smallest absolute Gasteiger partial charge is 0.264 e.